The molecule has 3 aromatic heterocycles. The van der Waals surface area contributed by atoms with Gasteiger partial charge in [-0.15, -0.1) is 0 Å². The van der Waals surface area contributed by atoms with Gasteiger partial charge >= 0.3 is 0 Å². The summed E-state index contributed by atoms with van der Waals surface area (Å²) in [6.45, 7) is 1.88. The molecule has 0 amide bonds. The predicted octanol–water partition coefficient (Wildman–Crippen LogP) is 2.12. The average Bonchev–Trinajstić information content (AvgIpc) is 3.08. The van der Waals surface area contributed by atoms with Crippen molar-refractivity contribution in [3.8, 4) is 0 Å². The number of benzene rings is 1. The summed E-state index contributed by atoms with van der Waals surface area (Å²) in [5.74, 6) is 0. The molecule has 0 spiro atoms. The maximum Gasteiger partial charge on any atom is 0.276 e. The maximum atomic E-state index is 13.2. The molecule has 4 heterocycles. The quantitative estimate of drug-likeness (QED) is 0.535. The van der Waals surface area contributed by atoms with Crippen LogP contribution in [-0.2, 0) is 17.7 Å². The van der Waals surface area contributed by atoms with Crippen molar-refractivity contribution in [1.29, 1.82) is 0 Å². The molecule has 28 heavy (non-hydrogen) atoms. The van der Waals surface area contributed by atoms with Crippen LogP contribution in [0.3, 0.4) is 0 Å². The molecular weight excluding hydrogens is 354 g/mol. The first-order valence-corrected chi connectivity index (χ1v) is 9.43. The molecule has 0 N–H and O–H groups in total. The lowest BCUT2D eigenvalue weighted by atomic mass is 10.1. The van der Waals surface area contributed by atoms with Gasteiger partial charge in [-0.1, -0.05) is 18.2 Å². The molecule has 5 rings (SSSR count). The number of fused-ring (bicyclic) bond motifs is 2. The molecule has 0 bridgehead atoms. The summed E-state index contributed by atoms with van der Waals surface area (Å²) in [6, 6.07) is 12.1. The van der Waals surface area contributed by atoms with Gasteiger partial charge in [-0.3, -0.25) is 4.79 Å². The van der Waals surface area contributed by atoms with Crippen LogP contribution >= 0.6 is 0 Å². The Morgan fingerprint density at radius 1 is 1.21 bits per heavy atom. The van der Waals surface area contributed by atoms with Crippen molar-refractivity contribution >= 4 is 22.1 Å². The van der Waals surface area contributed by atoms with E-state index in [0.717, 1.165) is 22.4 Å². The number of aryl methyl sites for hydroxylation is 2. The van der Waals surface area contributed by atoms with Crippen LogP contribution < -0.4 is 10.5 Å². The van der Waals surface area contributed by atoms with Crippen molar-refractivity contribution in [3.63, 3.8) is 0 Å². The maximum absolute atomic E-state index is 13.2. The van der Waals surface area contributed by atoms with E-state index in [0.29, 0.717) is 37.6 Å². The van der Waals surface area contributed by atoms with Crippen LogP contribution in [0.2, 0.25) is 0 Å². The van der Waals surface area contributed by atoms with Gasteiger partial charge in [0.25, 0.3) is 5.56 Å². The van der Waals surface area contributed by atoms with Crippen LogP contribution in [0, 0.1) is 0 Å². The summed E-state index contributed by atoms with van der Waals surface area (Å²) in [5, 5.41) is 5.95. The van der Waals surface area contributed by atoms with Gasteiger partial charge in [0, 0.05) is 31.2 Å². The second kappa shape index (κ2) is 6.76. The summed E-state index contributed by atoms with van der Waals surface area (Å²) < 4.78 is 8.84. The van der Waals surface area contributed by atoms with Crippen molar-refractivity contribution in [2.24, 2.45) is 0 Å². The molecule has 1 fully saturated rings. The molecule has 0 atom stereocenters. The van der Waals surface area contributed by atoms with Crippen molar-refractivity contribution in [1.82, 2.24) is 19.2 Å². The minimum Gasteiger partial charge on any atom is -0.377 e. The number of hydrogen-bond acceptors (Lipinski definition) is 5. The Hall–Kier alpha value is -3.19. The van der Waals surface area contributed by atoms with Gasteiger partial charge in [0.05, 0.1) is 48.8 Å². The number of anilines is 1. The van der Waals surface area contributed by atoms with E-state index in [-0.39, 0.29) is 5.56 Å². The molecule has 1 aliphatic rings. The van der Waals surface area contributed by atoms with Crippen molar-refractivity contribution in [2.45, 2.75) is 19.0 Å². The summed E-state index contributed by atoms with van der Waals surface area (Å²) in [5.41, 5.74) is 2.71. The topological polar surface area (TPSA) is 64.7 Å². The fourth-order valence-electron chi connectivity index (χ4n) is 3.64. The fraction of sp³-hybridized carbons (Fsp3) is 0.286. The first-order chi connectivity index (χ1) is 13.7. The molecule has 0 radical (unpaired) electrons. The van der Waals surface area contributed by atoms with Crippen LogP contribution in [0.15, 0.2) is 59.8 Å². The highest BCUT2D eigenvalue weighted by Crippen LogP contribution is 2.26. The van der Waals surface area contributed by atoms with E-state index in [9.17, 15) is 4.79 Å². The minimum absolute atomic E-state index is 0.0658. The molecule has 0 saturated carbocycles. The Morgan fingerprint density at radius 3 is 2.89 bits per heavy atom. The van der Waals surface area contributed by atoms with E-state index in [4.69, 9.17) is 4.74 Å². The van der Waals surface area contributed by atoms with Crippen molar-refractivity contribution in [2.75, 3.05) is 25.2 Å². The Labute approximate surface area is 161 Å². The van der Waals surface area contributed by atoms with E-state index in [2.05, 4.69) is 15.0 Å². The highest BCUT2D eigenvalue weighted by atomic mass is 16.5. The van der Waals surface area contributed by atoms with E-state index < -0.39 is 0 Å². The van der Waals surface area contributed by atoms with Gasteiger partial charge < -0.3 is 14.0 Å². The number of rotatable bonds is 5. The van der Waals surface area contributed by atoms with Gasteiger partial charge in [0.2, 0.25) is 0 Å². The normalized spacial score (nSPS) is 14.5. The summed E-state index contributed by atoms with van der Waals surface area (Å²) in [6.07, 6.45) is 6.39. The third kappa shape index (κ3) is 2.84. The van der Waals surface area contributed by atoms with Crippen LogP contribution in [-0.4, -0.2) is 45.5 Å². The average molecular weight is 375 g/mol. The van der Waals surface area contributed by atoms with Crippen LogP contribution in [0.5, 0.6) is 0 Å². The lowest BCUT2D eigenvalue weighted by Crippen LogP contribution is -2.47. The fourth-order valence-corrected chi connectivity index (χ4v) is 3.64. The number of ether oxygens (including phenoxy) is 1. The number of hydrogen-bond donors (Lipinski definition) is 0. The van der Waals surface area contributed by atoms with Crippen LogP contribution in [0.4, 0.5) is 5.69 Å². The Morgan fingerprint density at radius 2 is 2.11 bits per heavy atom. The van der Waals surface area contributed by atoms with E-state index in [1.807, 2.05) is 60.2 Å². The van der Waals surface area contributed by atoms with Crippen molar-refractivity contribution in [3.05, 3.63) is 71.0 Å². The Kier molecular flexibility index (Phi) is 4.09. The highest BCUT2D eigenvalue weighted by Gasteiger charge is 2.25. The molecule has 7 nitrogen and oxygen atoms in total. The number of nitrogens with zero attached hydrogens (tertiary/aromatic N) is 5. The Balaban J connectivity index is 1.47. The van der Waals surface area contributed by atoms with Gasteiger partial charge in [-0.2, -0.15) is 5.10 Å². The van der Waals surface area contributed by atoms with E-state index in [1.165, 1.54) is 0 Å². The molecular formula is C21H21N5O2. The zero-order valence-electron chi connectivity index (χ0n) is 15.7. The zero-order chi connectivity index (χ0) is 19.1. The summed E-state index contributed by atoms with van der Waals surface area (Å²) in [4.78, 5) is 19.9. The number of aromatic nitrogens is 4. The molecule has 1 aliphatic heterocycles. The first-order valence-electron chi connectivity index (χ1n) is 9.43. The molecule has 4 aromatic rings. The SMILES string of the molecule is CN(c1cccc2cnn(CCc3cn4ccccc4n3)c(=O)c12)C1COC1. The molecule has 142 valence electrons. The third-order valence-corrected chi connectivity index (χ3v) is 5.40. The highest BCUT2D eigenvalue weighted by molar-refractivity contribution is 5.93. The van der Waals surface area contributed by atoms with Crippen molar-refractivity contribution < 1.29 is 4.74 Å². The van der Waals surface area contributed by atoms with Gasteiger partial charge in [-0.25, -0.2) is 9.67 Å². The third-order valence-electron chi connectivity index (χ3n) is 5.40. The second-order valence-corrected chi connectivity index (χ2v) is 7.16. The first kappa shape index (κ1) is 16.9. The largest absolute Gasteiger partial charge is 0.377 e. The van der Waals surface area contributed by atoms with Gasteiger partial charge in [0.1, 0.15) is 5.65 Å². The number of imidazole rings is 1. The molecule has 0 aliphatic carbocycles. The second-order valence-electron chi connectivity index (χ2n) is 7.16. The molecule has 1 saturated heterocycles. The minimum atomic E-state index is -0.0658. The smallest absolute Gasteiger partial charge is 0.276 e. The van der Waals surface area contributed by atoms with Crippen LogP contribution in [0.25, 0.3) is 16.4 Å². The lowest BCUT2D eigenvalue weighted by Gasteiger charge is -2.36. The Bertz CT molecular complexity index is 1180. The molecule has 0 unspecified atom stereocenters. The van der Waals surface area contributed by atoms with Crippen LogP contribution in [0.1, 0.15) is 5.69 Å². The van der Waals surface area contributed by atoms with E-state index >= 15 is 0 Å². The lowest BCUT2D eigenvalue weighted by molar-refractivity contribution is 0.0102. The summed E-state index contributed by atoms with van der Waals surface area (Å²) >= 11 is 0. The van der Waals surface area contributed by atoms with E-state index in [1.54, 1.807) is 10.9 Å². The van der Waals surface area contributed by atoms with Gasteiger partial charge in [0.15, 0.2) is 0 Å². The summed E-state index contributed by atoms with van der Waals surface area (Å²) in [7, 11) is 2.02. The zero-order valence-corrected chi connectivity index (χ0v) is 15.7. The standard InChI is InChI=1S/C21H21N5O2/c1-24(17-13-28-14-17)18-6-4-5-15-11-22-26(21(27)20(15)18)10-8-16-12-25-9-3-2-7-19(25)23-16/h2-7,9,11-12,17H,8,10,13-14H2,1H3. The predicted molar refractivity (Wildman–Crippen MR) is 108 cm³/mol. The van der Waals surface area contributed by atoms with Gasteiger partial charge in [-0.05, 0) is 18.2 Å². The molecule has 7 heteroatoms. The monoisotopic (exact) mass is 375 g/mol. The molecule has 1 aromatic carbocycles. The number of likely N-dealkylation sites (N-methyl/N-ethyl adjacent to an activating group) is 1. The number of pyridine rings is 1.